The van der Waals surface area contributed by atoms with E-state index >= 15 is 0 Å². The summed E-state index contributed by atoms with van der Waals surface area (Å²) in [6.45, 7) is 12.2. The molecule has 3 aliphatic heterocycles. The van der Waals surface area contributed by atoms with Crippen molar-refractivity contribution in [2.24, 2.45) is 0 Å². The standard InChI is InChI=1S/C41H41N5O5/c1-5-43(6-2)29-17-19-33-35(25-29)51-36-26-30(44(7-3)8-4)18-20-34(36)41(33)32-12-10-9-11-31(32)40(50)45(41)24-23-42-39(49)27-13-15-28(16-14-27)46-37(47)21-22-38(46)48/h9-22,25-26H,5-8,23-24H2,1-4H3,(H,42,49). The van der Waals surface area contributed by atoms with Gasteiger partial charge in [0.05, 0.1) is 5.69 Å². The second-order valence-corrected chi connectivity index (χ2v) is 12.7. The van der Waals surface area contributed by atoms with Gasteiger partial charge in [-0.1, -0.05) is 30.3 Å². The van der Waals surface area contributed by atoms with Gasteiger partial charge in [0, 0.05) is 97.2 Å². The number of imide groups is 1. The predicted octanol–water partition coefficient (Wildman–Crippen LogP) is 6.09. The number of rotatable bonds is 11. The van der Waals surface area contributed by atoms with Crippen molar-refractivity contribution in [2.45, 2.75) is 33.2 Å². The maximum atomic E-state index is 14.5. The Labute approximate surface area is 297 Å². The molecule has 0 aliphatic carbocycles. The van der Waals surface area contributed by atoms with Crippen LogP contribution in [-0.2, 0) is 15.1 Å². The molecule has 10 heteroatoms. The molecule has 1 N–H and O–H groups in total. The van der Waals surface area contributed by atoms with Crippen molar-refractivity contribution in [1.29, 1.82) is 0 Å². The first-order valence-corrected chi connectivity index (χ1v) is 17.6. The van der Waals surface area contributed by atoms with Gasteiger partial charge in [-0.05, 0) is 75.7 Å². The molecule has 3 heterocycles. The first-order chi connectivity index (χ1) is 24.8. The molecule has 3 aliphatic rings. The van der Waals surface area contributed by atoms with Crippen LogP contribution in [0.25, 0.3) is 0 Å². The van der Waals surface area contributed by atoms with Crippen molar-refractivity contribution in [2.75, 3.05) is 54.0 Å². The molecule has 260 valence electrons. The van der Waals surface area contributed by atoms with E-state index in [1.807, 2.05) is 29.2 Å². The number of carbonyl (C=O) groups is 4. The summed E-state index contributed by atoms with van der Waals surface area (Å²) in [6.07, 6.45) is 2.44. The lowest BCUT2D eigenvalue weighted by Gasteiger charge is -2.45. The maximum Gasteiger partial charge on any atom is 0.258 e. The van der Waals surface area contributed by atoms with E-state index in [1.54, 1.807) is 24.3 Å². The summed E-state index contributed by atoms with van der Waals surface area (Å²) in [7, 11) is 0. The minimum Gasteiger partial charge on any atom is -0.456 e. The van der Waals surface area contributed by atoms with Crippen molar-refractivity contribution >= 4 is 40.7 Å². The smallest absolute Gasteiger partial charge is 0.258 e. The monoisotopic (exact) mass is 683 g/mol. The summed E-state index contributed by atoms with van der Waals surface area (Å²) in [6, 6.07) is 26.5. The lowest BCUT2D eigenvalue weighted by molar-refractivity contribution is -0.120. The zero-order valence-electron chi connectivity index (χ0n) is 29.3. The average molecular weight is 684 g/mol. The Bertz CT molecular complexity index is 1990. The number of ether oxygens (including phenoxy) is 1. The summed E-state index contributed by atoms with van der Waals surface area (Å²) in [4.78, 5) is 59.5. The highest BCUT2D eigenvalue weighted by atomic mass is 16.5. The predicted molar refractivity (Wildman–Crippen MR) is 198 cm³/mol. The number of benzene rings is 4. The molecule has 4 aromatic rings. The van der Waals surface area contributed by atoms with Crippen LogP contribution in [-0.4, -0.2) is 67.8 Å². The third-order valence-electron chi connectivity index (χ3n) is 10.2. The molecule has 4 aromatic carbocycles. The van der Waals surface area contributed by atoms with Crippen LogP contribution in [0.3, 0.4) is 0 Å². The highest BCUT2D eigenvalue weighted by molar-refractivity contribution is 6.28. The minimum atomic E-state index is -1.00. The van der Waals surface area contributed by atoms with Crippen LogP contribution in [0.1, 0.15) is 65.1 Å². The van der Waals surface area contributed by atoms with E-state index in [9.17, 15) is 19.2 Å². The minimum absolute atomic E-state index is 0.128. The van der Waals surface area contributed by atoms with Crippen molar-refractivity contribution in [3.63, 3.8) is 0 Å². The molecular weight excluding hydrogens is 642 g/mol. The van der Waals surface area contributed by atoms with E-state index in [1.165, 1.54) is 12.2 Å². The number of carbonyl (C=O) groups excluding carboxylic acids is 4. The maximum absolute atomic E-state index is 14.5. The molecule has 0 saturated heterocycles. The zero-order chi connectivity index (χ0) is 35.9. The Morgan fingerprint density at radius 2 is 1.25 bits per heavy atom. The number of anilines is 3. The van der Waals surface area contributed by atoms with Crippen molar-refractivity contribution < 1.29 is 23.9 Å². The molecular formula is C41H41N5O5. The quantitative estimate of drug-likeness (QED) is 0.191. The van der Waals surface area contributed by atoms with Crippen LogP contribution < -0.4 is 24.8 Å². The van der Waals surface area contributed by atoms with Gasteiger partial charge < -0.3 is 24.8 Å². The Morgan fingerprint density at radius 1 is 0.706 bits per heavy atom. The highest BCUT2D eigenvalue weighted by Crippen LogP contribution is 2.58. The number of amides is 4. The first kappa shape index (κ1) is 33.6. The van der Waals surface area contributed by atoms with E-state index in [0.717, 1.165) is 59.1 Å². The van der Waals surface area contributed by atoms with Gasteiger partial charge >= 0.3 is 0 Å². The SMILES string of the molecule is CCN(CC)c1ccc2c(c1)Oc1cc(N(CC)CC)ccc1C21c2ccccc2C(=O)N1CCNC(=O)c1ccc(N2C(=O)C=CC2=O)cc1. The van der Waals surface area contributed by atoms with Gasteiger partial charge in [0.1, 0.15) is 17.0 Å². The average Bonchev–Trinajstić information content (AvgIpc) is 3.61. The number of fused-ring (bicyclic) bond motifs is 6. The second kappa shape index (κ2) is 13.4. The van der Waals surface area contributed by atoms with E-state index in [0.29, 0.717) is 28.3 Å². The molecule has 4 amide bonds. The fourth-order valence-electron chi connectivity index (χ4n) is 7.70. The Hall–Kier alpha value is -5.90. The summed E-state index contributed by atoms with van der Waals surface area (Å²) in [5, 5.41) is 2.99. The summed E-state index contributed by atoms with van der Waals surface area (Å²) < 4.78 is 6.77. The number of nitrogens with one attached hydrogen (secondary N) is 1. The van der Waals surface area contributed by atoms with Gasteiger partial charge in [-0.15, -0.1) is 0 Å². The lowest BCUT2D eigenvalue weighted by Crippen LogP contribution is -2.50. The molecule has 0 saturated carbocycles. The fourth-order valence-corrected chi connectivity index (χ4v) is 7.70. The number of hydrogen-bond donors (Lipinski definition) is 1. The molecule has 51 heavy (non-hydrogen) atoms. The molecule has 0 unspecified atom stereocenters. The Balaban J connectivity index is 1.26. The van der Waals surface area contributed by atoms with Crippen LogP contribution in [0.15, 0.2) is 97.1 Å². The zero-order valence-corrected chi connectivity index (χ0v) is 29.3. The molecule has 0 fully saturated rings. The third-order valence-corrected chi connectivity index (χ3v) is 10.2. The van der Waals surface area contributed by atoms with Crippen LogP contribution in [0.4, 0.5) is 17.1 Å². The Morgan fingerprint density at radius 3 is 1.80 bits per heavy atom. The second-order valence-electron chi connectivity index (χ2n) is 12.7. The van der Waals surface area contributed by atoms with Crippen molar-refractivity contribution in [3.05, 3.63) is 125 Å². The van der Waals surface area contributed by atoms with E-state index < -0.39 is 17.4 Å². The van der Waals surface area contributed by atoms with Crippen LogP contribution >= 0.6 is 0 Å². The van der Waals surface area contributed by atoms with Gasteiger partial charge in [0.15, 0.2) is 0 Å². The first-order valence-electron chi connectivity index (χ1n) is 17.6. The largest absolute Gasteiger partial charge is 0.456 e. The molecule has 1 spiro atoms. The molecule has 0 aromatic heterocycles. The third kappa shape index (κ3) is 5.42. The van der Waals surface area contributed by atoms with Crippen LogP contribution in [0.2, 0.25) is 0 Å². The van der Waals surface area contributed by atoms with Gasteiger partial charge in [-0.2, -0.15) is 0 Å². The van der Waals surface area contributed by atoms with E-state index in [2.05, 4.69) is 79.2 Å². The fraction of sp³-hybridized carbons (Fsp3) is 0.268. The Kier molecular flexibility index (Phi) is 8.85. The van der Waals surface area contributed by atoms with Crippen LogP contribution in [0, 0.1) is 0 Å². The summed E-state index contributed by atoms with van der Waals surface area (Å²) >= 11 is 0. The van der Waals surface area contributed by atoms with E-state index in [-0.39, 0.29) is 24.9 Å². The van der Waals surface area contributed by atoms with Gasteiger partial charge in [-0.25, -0.2) is 4.90 Å². The van der Waals surface area contributed by atoms with Gasteiger partial charge in [-0.3, -0.25) is 19.2 Å². The normalized spacial score (nSPS) is 15.1. The number of nitrogens with zero attached hydrogens (tertiary/aromatic N) is 4. The molecule has 0 radical (unpaired) electrons. The summed E-state index contributed by atoms with van der Waals surface area (Å²) in [5.41, 5.74) is 5.03. The highest BCUT2D eigenvalue weighted by Gasteiger charge is 2.56. The van der Waals surface area contributed by atoms with Gasteiger partial charge in [0.2, 0.25) is 0 Å². The summed E-state index contributed by atoms with van der Waals surface area (Å²) in [5.74, 6) is 0.0638. The number of hydrogen-bond acceptors (Lipinski definition) is 7. The molecule has 7 rings (SSSR count). The van der Waals surface area contributed by atoms with E-state index in [4.69, 9.17) is 4.74 Å². The lowest BCUT2D eigenvalue weighted by atomic mass is 9.74. The molecule has 0 bridgehead atoms. The van der Waals surface area contributed by atoms with Crippen molar-refractivity contribution in [3.8, 4) is 11.5 Å². The molecule has 10 nitrogen and oxygen atoms in total. The van der Waals surface area contributed by atoms with Gasteiger partial charge in [0.25, 0.3) is 23.6 Å². The molecule has 0 atom stereocenters. The van der Waals surface area contributed by atoms with Crippen LogP contribution in [0.5, 0.6) is 11.5 Å². The topological polar surface area (TPSA) is 102 Å². The van der Waals surface area contributed by atoms with Crippen molar-refractivity contribution in [1.82, 2.24) is 10.2 Å².